The van der Waals surface area contributed by atoms with Crippen LogP contribution in [0.4, 0.5) is 5.82 Å². The highest BCUT2D eigenvalue weighted by Gasteiger charge is 2.21. The van der Waals surface area contributed by atoms with Crippen molar-refractivity contribution in [1.29, 1.82) is 0 Å². The molecule has 0 radical (unpaired) electrons. The van der Waals surface area contributed by atoms with Crippen molar-refractivity contribution in [2.45, 2.75) is 25.8 Å². The molecule has 0 bridgehead atoms. The van der Waals surface area contributed by atoms with Crippen LogP contribution >= 0.6 is 11.3 Å². The van der Waals surface area contributed by atoms with E-state index >= 15 is 0 Å². The van der Waals surface area contributed by atoms with E-state index in [1.54, 1.807) is 6.92 Å². The van der Waals surface area contributed by atoms with Gasteiger partial charge in [0.2, 0.25) is 5.91 Å². The molecule has 8 heteroatoms. The van der Waals surface area contributed by atoms with Crippen LogP contribution in [0.1, 0.15) is 18.7 Å². The van der Waals surface area contributed by atoms with Gasteiger partial charge in [-0.2, -0.15) is 0 Å². The first kappa shape index (κ1) is 17.8. The number of benzene rings is 1. The van der Waals surface area contributed by atoms with Gasteiger partial charge in [0.25, 0.3) is 0 Å². The second-order valence-electron chi connectivity index (χ2n) is 5.86. The van der Waals surface area contributed by atoms with Crippen molar-refractivity contribution in [3.05, 3.63) is 42.2 Å². The monoisotopic (exact) mass is 370 g/mol. The van der Waals surface area contributed by atoms with E-state index in [1.807, 2.05) is 36.4 Å². The van der Waals surface area contributed by atoms with Crippen LogP contribution in [0.15, 0.2) is 36.4 Å². The third-order valence-corrected chi connectivity index (χ3v) is 4.93. The number of amides is 1. The first-order valence-electron chi connectivity index (χ1n) is 8.05. The second kappa shape index (κ2) is 7.49. The number of anilines is 1. The number of nitrogens with two attached hydrogens (primary N) is 1. The van der Waals surface area contributed by atoms with Gasteiger partial charge in [0, 0.05) is 11.3 Å². The molecule has 2 heterocycles. The smallest absolute Gasteiger partial charge is 0.326 e. The molecule has 7 nitrogen and oxygen atoms in total. The lowest BCUT2D eigenvalue weighted by Crippen LogP contribution is -2.31. The van der Waals surface area contributed by atoms with Crippen molar-refractivity contribution >= 4 is 39.2 Å². The number of carboxylic acids is 1. The molecule has 4 N–H and O–H groups in total. The van der Waals surface area contributed by atoms with Crippen LogP contribution in [0.25, 0.3) is 20.7 Å². The Morgan fingerprint density at radius 2 is 2.00 bits per heavy atom. The molecule has 1 atom stereocenters. The Morgan fingerprint density at radius 1 is 1.27 bits per heavy atom. The standard InChI is InChI=1S/C18H18N4O3S/c1-10-20-16(22-13(18(24)25)7-8-15(19)23)12-9-14(26-17(12)21-10)11-5-3-2-4-6-11/h2-6,9,13H,7-8H2,1H3,(H2,19,23)(H,24,25)(H,20,21,22). The van der Waals surface area contributed by atoms with Crippen molar-refractivity contribution in [1.82, 2.24) is 9.97 Å². The summed E-state index contributed by atoms with van der Waals surface area (Å²) >= 11 is 1.52. The molecule has 1 amide bonds. The Balaban J connectivity index is 1.98. The molecule has 0 fully saturated rings. The van der Waals surface area contributed by atoms with Crippen LogP contribution in [-0.2, 0) is 9.59 Å². The van der Waals surface area contributed by atoms with E-state index in [9.17, 15) is 14.7 Å². The zero-order valence-corrected chi connectivity index (χ0v) is 14.9. The van der Waals surface area contributed by atoms with Gasteiger partial charge in [0.15, 0.2) is 0 Å². The second-order valence-corrected chi connectivity index (χ2v) is 6.89. The Hall–Kier alpha value is -3.00. The number of hydrogen-bond acceptors (Lipinski definition) is 6. The van der Waals surface area contributed by atoms with Crippen molar-refractivity contribution in [3.63, 3.8) is 0 Å². The topological polar surface area (TPSA) is 118 Å². The molecular formula is C18H18N4O3S. The Labute approximate surface area is 153 Å². The maximum atomic E-state index is 11.5. The van der Waals surface area contributed by atoms with Crippen LogP contribution in [0.5, 0.6) is 0 Å². The highest BCUT2D eigenvalue weighted by Crippen LogP contribution is 2.35. The average Bonchev–Trinajstić information content (AvgIpc) is 3.02. The fraction of sp³-hybridized carbons (Fsp3) is 0.222. The Morgan fingerprint density at radius 3 is 2.65 bits per heavy atom. The van der Waals surface area contributed by atoms with Gasteiger partial charge < -0.3 is 16.2 Å². The summed E-state index contributed by atoms with van der Waals surface area (Å²) in [6.45, 7) is 1.76. The highest BCUT2D eigenvalue weighted by atomic mass is 32.1. The lowest BCUT2D eigenvalue weighted by molar-refractivity contribution is -0.138. The fourth-order valence-corrected chi connectivity index (χ4v) is 3.67. The number of primary amides is 1. The Bertz CT molecular complexity index is 956. The molecule has 3 aromatic rings. The number of aromatic nitrogens is 2. The minimum atomic E-state index is -1.06. The van der Waals surface area contributed by atoms with Crippen LogP contribution in [0.2, 0.25) is 0 Å². The average molecular weight is 370 g/mol. The van der Waals surface area contributed by atoms with E-state index in [0.29, 0.717) is 11.6 Å². The molecule has 0 saturated heterocycles. The third kappa shape index (κ3) is 3.97. The summed E-state index contributed by atoms with van der Waals surface area (Å²) in [7, 11) is 0. The van der Waals surface area contributed by atoms with Crippen LogP contribution in [-0.4, -0.2) is 33.0 Å². The molecule has 134 valence electrons. The molecule has 0 spiro atoms. The number of carbonyl (C=O) groups is 2. The number of fused-ring (bicyclic) bond motifs is 1. The zero-order valence-electron chi connectivity index (χ0n) is 14.1. The molecule has 1 unspecified atom stereocenters. The maximum absolute atomic E-state index is 11.5. The minimum Gasteiger partial charge on any atom is -0.480 e. The largest absolute Gasteiger partial charge is 0.480 e. The summed E-state index contributed by atoms with van der Waals surface area (Å²) in [5.74, 6) is -0.610. The third-order valence-electron chi connectivity index (χ3n) is 3.85. The molecule has 3 rings (SSSR count). The number of hydrogen-bond donors (Lipinski definition) is 3. The van der Waals surface area contributed by atoms with Gasteiger partial charge in [-0.1, -0.05) is 30.3 Å². The summed E-state index contributed by atoms with van der Waals surface area (Å²) in [4.78, 5) is 33.1. The predicted molar refractivity (Wildman–Crippen MR) is 101 cm³/mol. The number of aliphatic carboxylic acids is 1. The van der Waals surface area contributed by atoms with Gasteiger partial charge in [0.1, 0.15) is 22.5 Å². The van der Waals surface area contributed by atoms with Gasteiger partial charge in [-0.15, -0.1) is 11.3 Å². The molecule has 0 aliphatic heterocycles. The van der Waals surface area contributed by atoms with Gasteiger partial charge in [-0.3, -0.25) is 4.79 Å². The number of thiophene rings is 1. The number of nitrogens with zero attached hydrogens (tertiary/aromatic N) is 2. The summed E-state index contributed by atoms with van der Waals surface area (Å²) in [5, 5.41) is 13.1. The molecule has 1 aromatic carbocycles. The predicted octanol–water partition coefficient (Wildman–Crippen LogP) is 2.80. The molecule has 2 aromatic heterocycles. The van der Waals surface area contributed by atoms with Gasteiger partial charge in [-0.05, 0) is 25.0 Å². The quantitative estimate of drug-likeness (QED) is 0.588. The van der Waals surface area contributed by atoms with E-state index in [-0.39, 0.29) is 12.8 Å². The number of aryl methyl sites for hydroxylation is 1. The summed E-state index contributed by atoms with van der Waals surface area (Å²) in [5.41, 5.74) is 6.19. The normalized spacial score (nSPS) is 12.0. The number of nitrogens with one attached hydrogen (secondary N) is 1. The van der Waals surface area contributed by atoms with E-state index < -0.39 is 17.9 Å². The molecule has 0 aliphatic carbocycles. The summed E-state index contributed by atoms with van der Waals surface area (Å²) in [6, 6.07) is 10.9. The van der Waals surface area contributed by atoms with Crippen molar-refractivity contribution < 1.29 is 14.7 Å². The molecule has 0 aliphatic rings. The van der Waals surface area contributed by atoms with Crippen molar-refractivity contribution in [3.8, 4) is 10.4 Å². The minimum absolute atomic E-state index is 0.0178. The molecular weight excluding hydrogens is 352 g/mol. The highest BCUT2D eigenvalue weighted by molar-refractivity contribution is 7.21. The van der Waals surface area contributed by atoms with E-state index in [4.69, 9.17) is 5.73 Å². The van der Waals surface area contributed by atoms with E-state index in [0.717, 1.165) is 20.7 Å². The maximum Gasteiger partial charge on any atom is 0.326 e. The van der Waals surface area contributed by atoms with Gasteiger partial charge in [-0.25, -0.2) is 14.8 Å². The lowest BCUT2D eigenvalue weighted by atomic mass is 10.1. The van der Waals surface area contributed by atoms with Gasteiger partial charge >= 0.3 is 5.97 Å². The molecule has 0 saturated carbocycles. The van der Waals surface area contributed by atoms with Crippen LogP contribution in [0.3, 0.4) is 0 Å². The summed E-state index contributed by atoms with van der Waals surface area (Å²) in [6.07, 6.45) is 0.0704. The first-order chi connectivity index (χ1) is 12.4. The van der Waals surface area contributed by atoms with Gasteiger partial charge in [0.05, 0.1) is 5.39 Å². The zero-order chi connectivity index (χ0) is 18.7. The first-order valence-corrected chi connectivity index (χ1v) is 8.87. The molecule has 26 heavy (non-hydrogen) atoms. The number of carbonyl (C=O) groups excluding carboxylic acids is 1. The van der Waals surface area contributed by atoms with Crippen LogP contribution < -0.4 is 11.1 Å². The van der Waals surface area contributed by atoms with E-state index in [2.05, 4.69) is 15.3 Å². The lowest BCUT2D eigenvalue weighted by Gasteiger charge is -2.15. The van der Waals surface area contributed by atoms with E-state index in [1.165, 1.54) is 11.3 Å². The SMILES string of the molecule is Cc1nc(NC(CCC(N)=O)C(=O)O)c2cc(-c3ccccc3)sc2n1. The van der Waals surface area contributed by atoms with Crippen LogP contribution in [0, 0.1) is 6.92 Å². The Kier molecular flexibility index (Phi) is 5.13. The number of carboxylic acid groups (broad SMARTS) is 1. The number of rotatable bonds is 7. The van der Waals surface area contributed by atoms with Crippen molar-refractivity contribution in [2.24, 2.45) is 5.73 Å². The fourth-order valence-electron chi connectivity index (χ4n) is 2.59. The van der Waals surface area contributed by atoms with Crippen molar-refractivity contribution in [2.75, 3.05) is 5.32 Å². The summed E-state index contributed by atoms with van der Waals surface area (Å²) < 4.78 is 0.